The Hall–Kier alpha value is -1.82. The molecule has 4 aliphatic rings. The standard InChI is InChI=1S/C20H24O6/c1-11-8-16-20(10-21)12(17(22)26-16)4-2-6-15(20)19(11)9-14(25-18(19)23)13-5-3-7-24-13/h3,5,7,11-12,14-16,21H,2,4,6,8-10H2,1H3/t11-,12+,14+,15-,16+,19-,20+/m1/s1. The number of aliphatic hydroxyl groups is 1. The third kappa shape index (κ3) is 1.76. The minimum atomic E-state index is -0.691. The first-order chi connectivity index (χ1) is 12.5. The lowest BCUT2D eigenvalue weighted by molar-refractivity contribution is -0.184. The molecule has 26 heavy (non-hydrogen) atoms. The lowest BCUT2D eigenvalue weighted by Crippen LogP contribution is -2.62. The van der Waals surface area contributed by atoms with Gasteiger partial charge in [-0.2, -0.15) is 0 Å². The molecule has 5 rings (SSSR count). The Morgan fingerprint density at radius 1 is 1.27 bits per heavy atom. The lowest BCUT2D eigenvalue weighted by Gasteiger charge is -2.57. The summed E-state index contributed by atoms with van der Waals surface area (Å²) in [7, 11) is 0. The monoisotopic (exact) mass is 360 g/mol. The summed E-state index contributed by atoms with van der Waals surface area (Å²) in [5.74, 6) is -0.139. The fraction of sp³-hybridized carbons (Fsp3) is 0.700. The van der Waals surface area contributed by atoms with Gasteiger partial charge in [-0.05, 0) is 43.2 Å². The van der Waals surface area contributed by atoms with Gasteiger partial charge in [0.2, 0.25) is 0 Å². The maximum atomic E-state index is 13.2. The Kier molecular flexibility index (Phi) is 3.36. The van der Waals surface area contributed by atoms with Crippen LogP contribution in [0.3, 0.4) is 0 Å². The third-order valence-electron chi connectivity index (χ3n) is 7.78. The number of esters is 2. The number of fused-ring (bicyclic) bond motifs is 1. The molecular weight excluding hydrogens is 336 g/mol. The SMILES string of the molecule is C[C@@H]1C[C@@H]2OC(=O)[C@@H]3CCC[C@H]([C@@]14C[C@@H](c1ccco1)OC4=O)[C@@]23CO. The highest BCUT2D eigenvalue weighted by Gasteiger charge is 2.74. The predicted molar refractivity (Wildman–Crippen MR) is 88.6 cm³/mol. The summed E-state index contributed by atoms with van der Waals surface area (Å²) in [6.45, 7) is 1.94. The number of carbonyl (C=O) groups excluding carboxylic acids is 2. The van der Waals surface area contributed by atoms with Crippen molar-refractivity contribution in [3.63, 3.8) is 0 Å². The second-order valence-corrected chi connectivity index (χ2v) is 8.52. The van der Waals surface area contributed by atoms with E-state index in [4.69, 9.17) is 13.9 Å². The van der Waals surface area contributed by atoms with Crippen molar-refractivity contribution in [2.45, 2.75) is 51.2 Å². The van der Waals surface area contributed by atoms with Crippen molar-refractivity contribution in [1.29, 1.82) is 0 Å². The molecule has 1 spiro atoms. The van der Waals surface area contributed by atoms with Gasteiger partial charge in [0.1, 0.15) is 11.9 Å². The quantitative estimate of drug-likeness (QED) is 0.816. The van der Waals surface area contributed by atoms with Gasteiger partial charge >= 0.3 is 11.9 Å². The Morgan fingerprint density at radius 3 is 2.85 bits per heavy atom. The van der Waals surface area contributed by atoms with Crippen molar-refractivity contribution in [3.05, 3.63) is 24.2 Å². The number of cyclic esters (lactones) is 1. The molecule has 1 aromatic rings. The molecule has 2 saturated carbocycles. The zero-order valence-electron chi connectivity index (χ0n) is 14.8. The third-order valence-corrected chi connectivity index (χ3v) is 7.78. The van der Waals surface area contributed by atoms with Crippen LogP contribution in [0.15, 0.2) is 22.8 Å². The fourth-order valence-corrected chi connectivity index (χ4v) is 6.62. The number of rotatable bonds is 2. The zero-order valence-corrected chi connectivity index (χ0v) is 14.8. The maximum Gasteiger partial charge on any atom is 0.313 e. The molecule has 6 nitrogen and oxygen atoms in total. The van der Waals surface area contributed by atoms with Gasteiger partial charge in [0, 0.05) is 11.8 Å². The zero-order chi connectivity index (χ0) is 18.1. The van der Waals surface area contributed by atoms with Gasteiger partial charge in [-0.1, -0.05) is 13.3 Å². The van der Waals surface area contributed by atoms with Gasteiger partial charge in [-0.3, -0.25) is 9.59 Å². The van der Waals surface area contributed by atoms with Crippen LogP contribution in [0.2, 0.25) is 0 Å². The highest BCUT2D eigenvalue weighted by Crippen LogP contribution is 2.69. The summed E-state index contributed by atoms with van der Waals surface area (Å²) < 4.78 is 17.0. The number of hydrogen-bond donors (Lipinski definition) is 1. The molecule has 0 radical (unpaired) electrons. The van der Waals surface area contributed by atoms with E-state index in [0.717, 1.165) is 19.3 Å². The van der Waals surface area contributed by atoms with Gasteiger partial charge in [-0.25, -0.2) is 0 Å². The van der Waals surface area contributed by atoms with Crippen molar-refractivity contribution < 1.29 is 28.6 Å². The van der Waals surface area contributed by atoms with E-state index in [0.29, 0.717) is 18.6 Å². The number of ether oxygens (including phenoxy) is 2. The second kappa shape index (κ2) is 5.35. The normalized spacial score (nSPS) is 46.9. The van der Waals surface area contributed by atoms with E-state index >= 15 is 0 Å². The smallest absolute Gasteiger partial charge is 0.313 e. The molecule has 0 bridgehead atoms. The summed E-state index contributed by atoms with van der Waals surface area (Å²) in [6.07, 6.45) is 4.44. The number of furan rings is 1. The van der Waals surface area contributed by atoms with E-state index < -0.39 is 16.9 Å². The van der Waals surface area contributed by atoms with Crippen LogP contribution in [-0.2, 0) is 19.1 Å². The van der Waals surface area contributed by atoms with Gasteiger partial charge in [-0.15, -0.1) is 0 Å². The van der Waals surface area contributed by atoms with Crippen LogP contribution in [0.25, 0.3) is 0 Å². The van der Waals surface area contributed by atoms with Gasteiger partial charge in [0.05, 0.1) is 24.2 Å². The van der Waals surface area contributed by atoms with Crippen molar-refractivity contribution in [3.8, 4) is 0 Å². The van der Waals surface area contributed by atoms with E-state index in [-0.39, 0.29) is 42.4 Å². The van der Waals surface area contributed by atoms with Crippen LogP contribution in [0.5, 0.6) is 0 Å². The number of hydrogen-bond acceptors (Lipinski definition) is 6. The van der Waals surface area contributed by atoms with Crippen LogP contribution in [0.1, 0.15) is 50.9 Å². The van der Waals surface area contributed by atoms with Gasteiger partial charge in [0.15, 0.2) is 6.10 Å². The van der Waals surface area contributed by atoms with Crippen molar-refractivity contribution in [1.82, 2.24) is 0 Å². The molecule has 2 aliphatic heterocycles. The molecule has 1 N–H and O–H groups in total. The van der Waals surface area contributed by atoms with E-state index in [1.165, 1.54) is 0 Å². The van der Waals surface area contributed by atoms with Crippen LogP contribution in [0.4, 0.5) is 0 Å². The Morgan fingerprint density at radius 2 is 2.12 bits per heavy atom. The number of aliphatic hydroxyl groups excluding tert-OH is 1. The Bertz CT molecular complexity index is 741. The predicted octanol–water partition coefficient (Wildman–Crippen LogP) is 2.61. The maximum absolute atomic E-state index is 13.2. The second-order valence-electron chi connectivity index (χ2n) is 8.52. The summed E-state index contributed by atoms with van der Waals surface area (Å²) in [6, 6.07) is 3.63. The van der Waals surface area contributed by atoms with Crippen molar-refractivity contribution in [2.24, 2.45) is 28.6 Å². The van der Waals surface area contributed by atoms with Crippen molar-refractivity contribution in [2.75, 3.05) is 6.61 Å². The van der Waals surface area contributed by atoms with E-state index in [2.05, 4.69) is 6.92 Å². The molecule has 1 aromatic heterocycles. The van der Waals surface area contributed by atoms with Gasteiger partial charge in [0.25, 0.3) is 0 Å². The molecule has 2 saturated heterocycles. The number of carbonyl (C=O) groups is 2. The molecule has 0 amide bonds. The molecule has 0 aromatic carbocycles. The van der Waals surface area contributed by atoms with Crippen molar-refractivity contribution >= 4 is 11.9 Å². The van der Waals surface area contributed by atoms with Crippen LogP contribution < -0.4 is 0 Å². The summed E-state index contributed by atoms with van der Waals surface area (Å²) in [4.78, 5) is 25.7. The van der Waals surface area contributed by atoms with E-state index in [9.17, 15) is 14.7 Å². The summed E-state index contributed by atoms with van der Waals surface area (Å²) >= 11 is 0. The minimum absolute atomic E-state index is 0.0225. The average molecular weight is 360 g/mol. The first-order valence-corrected chi connectivity index (χ1v) is 9.60. The minimum Gasteiger partial charge on any atom is -0.465 e. The molecule has 140 valence electrons. The van der Waals surface area contributed by atoms with Crippen LogP contribution in [-0.4, -0.2) is 29.8 Å². The Labute approximate surface area is 151 Å². The summed E-state index contributed by atoms with van der Waals surface area (Å²) in [5, 5.41) is 10.4. The van der Waals surface area contributed by atoms with E-state index in [1.54, 1.807) is 12.3 Å². The van der Waals surface area contributed by atoms with Crippen LogP contribution in [0, 0.1) is 28.6 Å². The largest absolute Gasteiger partial charge is 0.465 e. The first kappa shape index (κ1) is 16.4. The molecule has 3 heterocycles. The topological polar surface area (TPSA) is 86.0 Å². The molecule has 7 atom stereocenters. The van der Waals surface area contributed by atoms with E-state index in [1.807, 2.05) is 6.07 Å². The molecular formula is C20H24O6. The fourth-order valence-electron chi connectivity index (χ4n) is 6.62. The first-order valence-electron chi connectivity index (χ1n) is 9.60. The highest BCUT2D eigenvalue weighted by molar-refractivity contribution is 5.82. The lowest BCUT2D eigenvalue weighted by atomic mass is 9.44. The highest BCUT2D eigenvalue weighted by atomic mass is 16.6. The molecule has 6 heteroatoms. The molecule has 4 fully saturated rings. The van der Waals surface area contributed by atoms with Gasteiger partial charge < -0.3 is 19.0 Å². The van der Waals surface area contributed by atoms with Crippen LogP contribution >= 0.6 is 0 Å². The molecule has 2 aliphatic carbocycles. The molecule has 0 unspecified atom stereocenters. The Balaban J connectivity index is 1.61. The average Bonchev–Trinajstić information content (AvgIpc) is 3.33. The summed E-state index contributed by atoms with van der Waals surface area (Å²) in [5.41, 5.74) is -1.34.